The van der Waals surface area contributed by atoms with Crippen LogP contribution in [0, 0.1) is 7.14 Å². The molecule has 0 saturated heterocycles. The minimum atomic E-state index is -6.00. The van der Waals surface area contributed by atoms with Crippen molar-refractivity contribution in [1.29, 1.82) is 0 Å². The van der Waals surface area contributed by atoms with Gasteiger partial charge in [0.05, 0.1) is 26.4 Å². The Hall–Kier alpha value is -2.31. The van der Waals surface area contributed by atoms with E-state index in [1.165, 1.54) is 7.14 Å². The zero-order valence-electron chi connectivity index (χ0n) is 18.4. The Morgan fingerprint density at radius 2 is 1.03 bits per heavy atom. The van der Waals surface area contributed by atoms with E-state index in [4.69, 9.17) is 18.9 Å². The van der Waals surface area contributed by atoms with Crippen LogP contribution in [-0.2, 0) is 9.47 Å². The maximum Gasteiger partial charge on any atom is 0.673 e. The van der Waals surface area contributed by atoms with Crippen LogP contribution >= 0.6 is 0 Å². The van der Waals surface area contributed by atoms with Crippen LogP contribution in [0.25, 0.3) is 0 Å². The van der Waals surface area contributed by atoms with Gasteiger partial charge < -0.3 is 36.2 Å². The van der Waals surface area contributed by atoms with Gasteiger partial charge in [-0.25, -0.2) is 0 Å². The highest BCUT2D eigenvalue weighted by molar-refractivity contribution is 6.50. The third-order valence-corrected chi connectivity index (χ3v) is 6.69. The van der Waals surface area contributed by atoms with Crippen molar-refractivity contribution in [3.63, 3.8) is 0 Å². The summed E-state index contributed by atoms with van der Waals surface area (Å²) in [5.74, 6) is 1.82. The Kier molecular flexibility index (Phi) is 13.4. The van der Waals surface area contributed by atoms with Gasteiger partial charge in [0.2, 0.25) is 3.57 Å². The molecule has 0 heterocycles. The fourth-order valence-corrected chi connectivity index (χ4v) is 4.94. The molecule has 3 rings (SSSR count). The number of hydrogen-bond acceptors (Lipinski definition) is 4. The molecular weight excluding hydrogens is 566 g/mol. The summed E-state index contributed by atoms with van der Waals surface area (Å²) in [6.07, 6.45) is 0. The largest absolute Gasteiger partial charge is 0.673 e. The van der Waals surface area contributed by atoms with Crippen molar-refractivity contribution in [2.24, 2.45) is 0 Å². The highest BCUT2D eigenvalue weighted by atomic mass is 127. The highest BCUT2D eigenvalue weighted by Gasteiger charge is 2.21. The van der Waals surface area contributed by atoms with E-state index in [9.17, 15) is 17.3 Å². The molecule has 34 heavy (non-hydrogen) atoms. The number of hydrogen-bond donors (Lipinski definition) is 0. The quantitative estimate of drug-likeness (QED) is 0.133. The van der Waals surface area contributed by atoms with Gasteiger partial charge in [-0.15, -0.1) is 0 Å². The molecule has 0 spiro atoms. The van der Waals surface area contributed by atoms with Gasteiger partial charge in [0.15, 0.2) is 9.32 Å². The minimum absolute atomic E-state index is 0.246. The molecular formula is C24H26BF4IO4. The molecule has 0 fully saturated rings. The molecule has 0 atom stereocenters. The maximum absolute atomic E-state index is 9.75. The van der Waals surface area contributed by atoms with Crippen LogP contribution in [0.1, 0.15) is 0 Å². The fourth-order valence-electron chi connectivity index (χ4n) is 2.50. The lowest BCUT2D eigenvalue weighted by atomic mass is 10.3. The van der Waals surface area contributed by atoms with Gasteiger partial charge in [-0.1, -0.05) is 48.5 Å². The van der Waals surface area contributed by atoms with Crippen LogP contribution in [0.3, 0.4) is 0 Å². The molecule has 0 radical (unpaired) electrons. The smallest absolute Gasteiger partial charge is 0.491 e. The average molecular weight is 592 g/mol. The third-order valence-electron chi connectivity index (χ3n) is 3.88. The Labute approximate surface area is 207 Å². The summed E-state index contributed by atoms with van der Waals surface area (Å²) >= 11 is -0.246. The lowest BCUT2D eigenvalue weighted by Crippen LogP contribution is -3.61. The standard InChI is InChI=1S/C24H26IO4.BF4/c1-3-9-21(10-4-1)25-23-13-7-8-14-24(23)29-20-18-27-16-15-26-17-19-28-22-11-5-2-6-12-22;2-1(3,4)5/h1-14H,15-20H2;/q+1;-1. The zero-order valence-corrected chi connectivity index (χ0v) is 20.6. The van der Waals surface area contributed by atoms with Crippen LogP contribution < -0.4 is 30.7 Å². The van der Waals surface area contributed by atoms with Gasteiger partial charge in [0.1, 0.15) is 19.0 Å². The minimum Gasteiger partial charge on any atom is -0.491 e. The van der Waals surface area contributed by atoms with Crippen molar-refractivity contribution in [1.82, 2.24) is 0 Å². The summed E-state index contributed by atoms with van der Waals surface area (Å²) in [7, 11) is -6.00. The van der Waals surface area contributed by atoms with E-state index in [1.54, 1.807) is 0 Å². The van der Waals surface area contributed by atoms with Crippen LogP contribution in [0.2, 0.25) is 0 Å². The van der Waals surface area contributed by atoms with Crippen LogP contribution in [0.4, 0.5) is 17.3 Å². The predicted octanol–water partition coefficient (Wildman–Crippen LogP) is 2.61. The molecule has 0 aliphatic rings. The van der Waals surface area contributed by atoms with Crippen LogP contribution in [0.15, 0.2) is 84.9 Å². The van der Waals surface area contributed by atoms with Gasteiger partial charge in [0.25, 0.3) is 0 Å². The molecule has 0 saturated carbocycles. The first kappa shape index (κ1) is 27.9. The van der Waals surface area contributed by atoms with Gasteiger partial charge in [-0.2, -0.15) is 0 Å². The molecule has 0 aromatic heterocycles. The van der Waals surface area contributed by atoms with Crippen molar-refractivity contribution in [3.8, 4) is 11.5 Å². The van der Waals surface area contributed by atoms with Gasteiger partial charge in [-0.3, -0.25) is 0 Å². The van der Waals surface area contributed by atoms with E-state index in [1.807, 2.05) is 48.5 Å². The Morgan fingerprint density at radius 3 is 1.65 bits per heavy atom. The van der Waals surface area contributed by atoms with E-state index < -0.39 is 7.25 Å². The molecule has 0 N–H and O–H groups in total. The summed E-state index contributed by atoms with van der Waals surface area (Å²) in [6.45, 7) is 3.26. The SMILES string of the molecule is F[B-](F)(F)F.c1ccc(OCCOCCOCCOc2ccccc2[I+]c2ccccc2)cc1. The number of rotatable bonds is 13. The molecule has 3 aromatic carbocycles. The van der Waals surface area contributed by atoms with Crippen molar-refractivity contribution in [2.75, 3.05) is 39.6 Å². The highest BCUT2D eigenvalue weighted by Crippen LogP contribution is 2.09. The Balaban J connectivity index is 0.000000739. The van der Waals surface area contributed by atoms with E-state index in [0.29, 0.717) is 39.6 Å². The molecule has 0 bridgehead atoms. The molecule has 10 heteroatoms. The second-order valence-corrected chi connectivity index (χ2v) is 9.50. The second-order valence-electron chi connectivity index (χ2n) is 6.55. The van der Waals surface area contributed by atoms with E-state index in [-0.39, 0.29) is 21.2 Å². The topological polar surface area (TPSA) is 36.9 Å². The van der Waals surface area contributed by atoms with Crippen molar-refractivity contribution in [2.45, 2.75) is 0 Å². The van der Waals surface area contributed by atoms with Crippen LogP contribution in [-0.4, -0.2) is 46.9 Å². The first-order chi connectivity index (χ1) is 16.4. The second kappa shape index (κ2) is 16.3. The summed E-state index contributed by atoms with van der Waals surface area (Å²) in [6, 6.07) is 28.6. The van der Waals surface area contributed by atoms with E-state index >= 15 is 0 Å². The summed E-state index contributed by atoms with van der Waals surface area (Å²) in [5, 5.41) is 0. The lowest BCUT2D eigenvalue weighted by molar-refractivity contribution is -0.598. The molecule has 3 aromatic rings. The molecule has 184 valence electrons. The fraction of sp³-hybridized carbons (Fsp3) is 0.250. The summed E-state index contributed by atoms with van der Waals surface area (Å²) in [4.78, 5) is 0. The summed E-state index contributed by atoms with van der Waals surface area (Å²) in [5.41, 5.74) is 0. The maximum atomic E-state index is 9.75. The number of para-hydroxylation sites is 2. The normalized spacial score (nSPS) is 10.8. The number of ether oxygens (including phenoxy) is 4. The monoisotopic (exact) mass is 592 g/mol. The molecule has 0 amide bonds. The lowest BCUT2D eigenvalue weighted by Gasteiger charge is -2.08. The average Bonchev–Trinajstić information content (AvgIpc) is 2.81. The van der Waals surface area contributed by atoms with Crippen LogP contribution in [0.5, 0.6) is 11.5 Å². The van der Waals surface area contributed by atoms with Crippen molar-refractivity contribution in [3.05, 3.63) is 92.1 Å². The molecule has 0 unspecified atom stereocenters. The van der Waals surface area contributed by atoms with Crippen molar-refractivity contribution >= 4 is 7.25 Å². The first-order valence-electron chi connectivity index (χ1n) is 10.5. The third kappa shape index (κ3) is 14.1. The van der Waals surface area contributed by atoms with Crippen molar-refractivity contribution < 1.29 is 57.4 Å². The molecule has 4 nitrogen and oxygen atoms in total. The molecule has 0 aliphatic heterocycles. The van der Waals surface area contributed by atoms with E-state index in [2.05, 4.69) is 36.4 Å². The van der Waals surface area contributed by atoms with E-state index in [0.717, 1.165) is 11.5 Å². The number of halogens is 5. The first-order valence-corrected chi connectivity index (χ1v) is 12.7. The van der Waals surface area contributed by atoms with Gasteiger partial charge >= 0.3 is 28.5 Å². The Bertz CT molecular complexity index is 912. The van der Waals surface area contributed by atoms with Gasteiger partial charge in [0, 0.05) is 0 Å². The zero-order chi connectivity index (χ0) is 24.5. The summed E-state index contributed by atoms with van der Waals surface area (Å²) < 4.78 is 64.3. The predicted molar refractivity (Wildman–Crippen MR) is 120 cm³/mol. The molecule has 0 aliphatic carbocycles. The van der Waals surface area contributed by atoms with Gasteiger partial charge in [-0.05, 0) is 36.4 Å². The Morgan fingerprint density at radius 1 is 0.559 bits per heavy atom. The number of benzene rings is 3.